The van der Waals surface area contributed by atoms with Gasteiger partial charge >= 0.3 is 0 Å². The van der Waals surface area contributed by atoms with E-state index in [1.807, 2.05) is 12.1 Å². The van der Waals surface area contributed by atoms with Crippen molar-refractivity contribution in [2.45, 2.75) is 37.4 Å². The maximum absolute atomic E-state index is 6.13. The van der Waals surface area contributed by atoms with Crippen LogP contribution in [0.5, 0.6) is 5.75 Å². The number of nitrogens with two attached hydrogens (primary N) is 1. The first-order valence-corrected chi connectivity index (χ1v) is 6.44. The summed E-state index contributed by atoms with van der Waals surface area (Å²) < 4.78 is 5.47. The highest BCUT2D eigenvalue weighted by atomic mass is 16.5. The largest absolute Gasteiger partial charge is 0.496 e. The van der Waals surface area contributed by atoms with Crippen molar-refractivity contribution < 1.29 is 4.74 Å². The van der Waals surface area contributed by atoms with Gasteiger partial charge in [0.2, 0.25) is 0 Å². The van der Waals surface area contributed by atoms with E-state index in [-0.39, 0.29) is 0 Å². The normalized spacial score (nSPS) is 29.5. The first-order valence-electron chi connectivity index (χ1n) is 6.44. The summed E-state index contributed by atoms with van der Waals surface area (Å²) in [4.78, 5) is 2.57. The van der Waals surface area contributed by atoms with Crippen molar-refractivity contribution in [1.29, 1.82) is 0 Å². The van der Waals surface area contributed by atoms with Gasteiger partial charge in [-0.05, 0) is 25.3 Å². The van der Waals surface area contributed by atoms with Crippen LogP contribution in [0.15, 0.2) is 24.3 Å². The minimum atomic E-state index is 0.311. The Hall–Kier alpha value is -1.06. The Morgan fingerprint density at radius 2 is 2.06 bits per heavy atom. The Morgan fingerprint density at radius 3 is 2.76 bits per heavy atom. The standard InChI is InChI=1S/C14H20N2O/c1-17-14-5-3-2-4-12(14)13-8-10(15)9-16(13)11-6-7-11/h2-5,10-11,13H,6-9,15H2,1H3. The minimum Gasteiger partial charge on any atom is -0.496 e. The number of hydrogen-bond donors (Lipinski definition) is 1. The molecule has 2 aliphatic rings. The fraction of sp³-hybridized carbons (Fsp3) is 0.571. The predicted octanol–water partition coefficient (Wildman–Crippen LogP) is 1.93. The van der Waals surface area contributed by atoms with Gasteiger partial charge in [-0.2, -0.15) is 0 Å². The number of methoxy groups -OCH3 is 1. The maximum atomic E-state index is 6.13. The summed E-state index contributed by atoms with van der Waals surface area (Å²) in [6.07, 6.45) is 3.72. The van der Waals surface area contributed by atoms with Crippen LogP contribution in [0.1, 0.15) is 30.9 Å². The molecule has 1 saturated heterocycles. The molecule has 0 amide bonds. The fourth-order valence-corrected chi connectivity index (χ4v) is 2.95. The van der Waals surface area contributed by atoms with Gasteiger partial charge in [0, 0.05) is 30.2 Å². The van der Waals surface area contributed by atoms with Gasteiger partial charge in [-0.1, -0.05) is 18.2 Å². The lowest BCUT2D eigenvalue weighted by Crippen LogP contribution is -2.29. The van der Waals surface area contributed by atoms with Crippen LogP contribution in [-0.2, 0) is 0 Å². The average Bonchev–Trinajstić information content (AvgIpc) is 3.12. The molecule has 1 aromatic rings. The van der Waals surface area contributed by atoms with Crippen LogP contribution in [0.2, 0.25) is 0 Å². The third-order valence-electron chi connectivity index (χ3n) is 3.89. The van der Waals surface area contributed by atoms with Crippen LogP contribution in [0.25, 0.3) is 0 Å². The molecule has 2 atom stereocenters. The summed E-state index contributed by atoms with van der Waals surface area (Å²) in [5, 5.41) is 0. The Kier molecular flexibility index (Phi) is 2.81. The van der Waals surface area contributed by atoms with E-state index in [4.69, 9.17) is 10.5 Å². The number of ether oxygens (including phenoxy) is 1. The number of benzene rings is 1. The van der Waals surface area contributed by atoms with Crippen molar-refractivity contribution in [1.82, 2.24) is 4.90 Å². The SMILES string of the molecule is COc1ccccc1C1CC(N)CN1C1CC1. The molecule has 0 radical (unpaired) electrons. The van der Waals surface area contributed by atoms with Gasteiger partial charge in [-0.3, -0.25) is 4.90 Å². The quantitative estimate of drug-likeness (QED) is 0.865. The zero-order valence-electron chi connectivity index (χ0n) is 10.3. The summed E-state index contributed by atoms with van der Waals surface area (Å²) in [5.41, 5.74) is 7.43. The monoisotopic (exact) mass is 232 g/mol. The molecule has 1 saturated carbocycles. The lowest BCUT2D eigenvalue weighted by atomic mass is 10.0. The first-order chi connectivity index (χ1) is 8.29. The second-order valence-electron chi connectivity index (χ2n) is 5.18. The first kappa shape index (κ1) is 11.1. The third kappa shape index (κ3) is 2.05. The van der Waals surface area contributed by atoms with Crippen LogP contribution in [-0.4, -0.2) is 30.6 Å². The summed E-state index contributed by atoms with van der Waals surface area (Å²) in [7, 11) is 1.75. The highest BCUT2D eigenvalue weighted by Crippen LogP contribution is 2.42. The van der Waals surface area contributed by atoms with E-state index in [1.165, 1.54) is 18.4 Å². The van der Waals surface area contributed by atoms with Crippen molar-refractivity contribution in [3.05, 3.63) is 29.8 Å². The van der Waals surface area contributed by atoms with Crippen molar-refractivity contribution >= 4 is 0 Å². The van der Waals surface area contributed by atoms with E-state index in [0.29, 0.717) is 12.1 Å². The number of hydrogen-bond acceptors (Lipinski definition) is 3. The molecule has 2 fully saturated rings. The zero-order chi connectivity index (χ0) is 11.8. The number of rotatable bonds is 3. The van der Waals surface area contributed by atoms with Crippen LogP contribution < -0.4 is 10.5 Å². The Morgan fingerprint density at radius 1 is 1.29 bits per heavy atom. The minimum absolute atomic E-state index is 0.311. The Bertz CT molecular complexity index is 403. The molecule has 3 heteroatoms. The van der Waals surface area contributed by atoms with Crippen LogP contribution in [0.3, 0.4) is 0 Å². The van der Waals surface area contributed by atoms with E-state index in [1.54, 1.807) is 7.11 Å². The molecular formula is C14H20N2O. The van der Waals surface area contributed by atoms with E-state index < -0.39 is 0 Å². The molecule has 1 aliphatic heterocycles. The molecule has 0 aromatic heterocycles. The Balaban J connectivity index is 1.90. The average molecular weight is 232 g/mol. The molecule has 1 heterocycles. The molecule has 92 valence electrons. The molecule has 3 nitrogen and oxygen atoms in total. The fourth-order valence-electron chi connectivity index (χ4n) is 2.95. The van der Waals surface area contributed by atoms with E-state index in [0.717, 1.165) is 24.8 Å². The van der Waals surface area contributed by atoms with E-state index in [9.17, 15) is 0 Å². The summed E-state index contributed by atoms with van der Waals surface area (Å²) in [6.45, 7) is 1.04. The highest BCUT2D eigenvalue weighted by Gasteiger charge is 2.41. The molecule has 2 N–H and O–H groups in total. The summed E-state index contributed by atoms with van der Waals surface area (Å²) in [5.74, 6) is 0.997. The molecule has 3 rings (SSSR count). The second-order valence-corrected chi connectivity index (χ2v) is 5.18. The number of likely N-dealkylation sites (tertiary alicyclic amines) is 1. The van der Waals surface area contributed by atoms with Gasteiger partial charge in [0.05, 0.1) is 7.11 Å². The molecule has 1 aromatic carbocycles. The summed E-state index contributed by atoms with van der Waals surface area (Å²) in [6, 6.07) is 9.87. The van der Waals surface area contributed by atoms with Crippen LogP contribution in [0.4, 0.5) is 0 Å². The molecule has 2 unspecified atom stereocenters. The maximum Gasteiger partial charge on any atom is 0.123 e. The van der Waals surface area contributed by atoms with Gasteiger partial charge in [0.1, 0.15) is 5.75 Å². The molecule has 0 bridgehead atoms. The summed E-state index contributed by atoms with van der Waals surface area (Å²) >= 11 is 0. The smallest absolute Gasteiger partial charge is 0.123 e. The van der Waals surface area contributed by atoms with Gasteiger partial charge in [-0.15, -0.1) is 0 Å². The number of para-hydroxylation sites is 1. The van der Waals surface area contributed by atoms with Crippen molar-refractivity contribution in [2.75, 3.05) is 13.7 Å². The lowest BCUT2D eigenvalue weighted by Gasteiger charge is -2.25. The van der Waals surface area contributed by atoms with Crippen molar-refractivity contribution in [3.8, 4) is 5.75 Å². The second kappa shape index (κ2) is 4.31. The lowest BCUT2D eigenvalue weighted by molar-refractivity contribution is 0.240. The van der Waals surface area contributed by atoms with Crippen molar-refractivity contribution in [2.24, 2.45) is 5.73 Å². The predicted molar refractivity (Wildman–Crippen MR) is 68.1 cm³/mol. The van der Waals surface area contributed by atoms with Gasteiger partial charge in [0.15, 0.2) is 0 Å². The van der Waals surface area contributed by atoms with Crippen LogP contribution >= 0.6 is 0 Å². The van der Waals surface area contributed by atoms with Gasteiger partial charge < -0.3 is 10.5 Å². The number of nitrogens with zero attached hydrogens (tertiary/aromatic N) is 1. The molecule has 17 heavy (non-hydrogen) atoms. The highest BCUT2D eigenvalue weighted by molar-refractivity contribution is 5.37. The Labute approximate surface area is 103 Å². The van der Waals surface area contributed by atoms with Crippen LogP contribution in [0, 0.1) is 0 Å². The van der Waals surface area contributed by atoms with Gasteiger partial charge in [0.25, 0.3) is 0 Å². The molecular weight excluding hydrogens is 212 g/mol. The third-order valence-corrected chi connectivity index (χ3v) is 3.89. The van der Waals surface area contributed by atoms with E-state index in [2.05, 4.69) is 17.0 Å². The van der Waals surface area contributed by atoms with Gasteiger partial charge in [-0.25, -0.2) is 0 Å². The van der Waals surface area contributed by atoms with Crippen molar-refractivity contribution in [3.63, 3.8) is 0 Å². The molecule has 0 spiro atoms. The zero-order valence-corrected chi connectivity index (χ0v) is 10.3. The molecule has 1 aliphatic carbocycles. The topological polar surface area (TPSA) is 38.5 Å². The van der Waals surface area contributed by atoms with E-state index >= 15 is 0 Å².